The van der Waals surface area contributed by atoms with Gasteiger partial charge in [-0.2, -0.15) is 13.2 Å². The number of rotatable bonds is 4. The number of carboxylic acids is 1. The third-order valence-corrected chi connectivity index (χ3v) is 2.51. The van der Waals surface area contributed by atoms with E-state index in [4.69, 9.17) is 5.11 Å². The molecule has 1 unspecified atom stereocenters. The van der Waals surface area contributed by atoms with E-state index in [1.807, 2.05) is 0 Å². The Bertz CT molecular complexity index is 485. The largest absolute Gasteiger partial charge is 0.481 e. The van der Waals surface area contributed by atoms with Crippen molar-refractivity contribution in [3.05, 3.63) is 35.4 Å². The molecule has 0 radical (unpaired) electrons. The average molecular weight is 275 g/mol. The molecule has 4 nitrogen and oxygen atoms in total. The normalized spacial score (nSPS) is 12.8. The van der Waals surface area contributed by atoms with E-state index in [9.17, 15) is 22.8 Å². The summed E-state index contributed by atoms with van der Waals surface area (Å²) in [5, 5.41) is 10.4. The molecule has 0 spiro atoms. The number of nitrogens with one attached hydrogen (secondary N) is 1. The van der Waals surface area contributed by atoms with Crippen molar-refractivity contribution in [3.8, 4) is 0 Å². The molecular weight excluding hydrogens is 263 g/mol. The number of benzene rings is 1. The van der Waals surface area contributed by atoms with Gasteiger partial charge in [0.1, 0.15) is 0 Å². The van der Waals surface area contributed by atoms with Gasteiger partial charge in [-0.15, -0.1) is 0 Å². The average Bonchev–Trinajstić information content (AvgIpc) is 2.26. The molecule has 2 N–H and O–H groups in total. The Morgan fingerprint density at radius 3 is 2.37 bits per heavy atom. The first kappa shape index (κ1) is 15.0. The van der Waals surface area contributed by atoms with Gasteiger partial charge in [-0.25, -0.2) is 0 Å². The van der Waals surface area contributed by atoms with E-state index in [2.05, 4.69) is 0 Å². The molecule has 0 aromatic heterocycles. The van der Waals surface area contributed by atoms with Crippen LogP contribution < -0.4 is 5.32 Å². The Morgan fingerprint density at radius 1 is 1.32 bits per heavy atom. The molecule has 0 bridgehead atoms. The molecule has 0 saturated carbocycles. The van der Waals surface area contributed by atoms with Crippen molar-refractivity contribution in [3.63, 3.8) is 0 Å². The number of amides is 1. The summed E-state index contributed by atoms with van der Waals surface area (Å²) in [6.07, 6.45) is -5.66. The number of hydrogen-bond acceptors (Lipinski definition) is 2. The van der Waals surface area contributed by atoms with Crippen LogP contribution in [-0.2, 0) is 9.59 Å². The molecule has 19 heavy (non-hydrogen) atoms. The number of carbonyl (C=O) groups excluding carboxylic acids is 1. The van der Waals surface area contributed by atoms with Crippen molar-refractivity contribution in [2.45, 2.75) is 25.6 Å². The van der Waals surface area contributed by atoms with Crippen LogP contribution in [0, 0.1) is 6.92 Å². The maximum Gasteiger partial charge on any atom is 0.471 e. The zero-order valence-corrected chi connectivity index (χ0v) is 9.99. The smallest absolute Gasteiger partial charge is 0.471 e. The summed E-state index contributed by atoms with van der Waals surface area (Å²) in [5.41, 5.74) is 0.957. The fourth-order valence-corrected chi connectivity index (χ4v) is 1.63. The van der Waals surface area contributed by atoms with E-state index in [0.29, 0.717) is 11.1 Å². The molecule has 0 aliphatic carbocycles. The number of aryl methyl sites for hydroxylation is 1. The third-order valence-electron chi connectivity index (χ3n) is 2.51. The maximum atomic E-state index is 12.2. The van der Waals surface area contributed by atoms with E-state index >= 15 is 0 Å². The maximum absolute atomic E-state index is 12.2. The number of carboxylic acid groups (broad SMARTS) is 1. The van der Waals surface area contributed by atoms with Crippen LogP contribution >= 0.6 is 0 Å². The molecular formula is C12H12F3NO3. The third kappa shape index (κ3) is 4.27. The van der Waals surface area contributed by atoms with E-state index in [1.165, 1.54) is 6.07 Å². The monoisotopic (exact) mass is 275 g/mol. The van der Waals surface area contributed by atoms with Crippen LogP contribution in [0.4, 0.5) is 13.2 Å². The minimum absolute atomic E-state index is 0.350. The lowest BCUT2D eigenvalue weighted by atomic mass is 9.99. The molecule has 0 aliphatic heterocycles. The van der Waals surface area contributed by atoms with Crippen LogP contribution in [0.5, 0.6) is 0 Å². The van der Waals surface area contributed by atoms with Crippen molar-refractivity contribution in [2.75, 3.05) is 0 Å². The zero-order valence-electron chi connectivity index (χ0n) is 9.99. The Balaban J connectivity index is 3.00. The fraction of sp³-hybridized carbons (Fsp3) is 0.333. The molecule has 1 aromatic rings. The van der Waals surface area contributed by atoms with Gasteiger partial charge >= 0.3 is 18.1 Å². The number of aliphatic carboxylic acids is 1. The molecule has 104 valence electrons. The summed E-state index contributed by atoms with van der Waals surface area (Å²) >= 11 is 0. The van der Waals surface area contributed by atoms with Gasteiger partial charge in [-0.1, -0.05) is 24.3 Å². The lowest BCUT2D eigenvalue weighted by Gasteiger charge is -2.20. The molecule has 0 fully saturated rings. The van der Waals surface area contributed by atoms with Gasteiger partial charge in [-0.05, 0) is 18.1 Å². The van der Waals surface area contributed by atoms with Crippen LogP contribution in [0.25, 0.3) is 0 Å². The highest BCUT2D eigenvalue weighted by molar-refractivity contribution is 5.82. The summed E-state index contributed by atoms with van der Waals surface area (Å²) in [6, 6.07) is 5.13. The van der Waals surface area contributed by atoms with Crippen LogP contribution in [-0.4, -0.2) is 23.2 Å². The van der Waals surface area contributed by atoms with E-state index in [-0.39, 0.29) is 0 Å². The summed E-state index contributed by atoms with van der Waals surface area (Å²) in [5.74, 6) is -3.45. The van der Waals surface area contributed by atoms with Gasteiger partial charge in [0.25, 0.3) is 0 Å². The van der Waals surface area contributed by atoms with E-state index < -0.39 is 30.5 Å². The van der Waals surface area contributed by atoms with Crippen molar-refractivity contribution < 1.29 is 27.9 Å². The summed E-state index contributed by atoms with van der Waals surface area (Å²) in [4.78, 5) is 21.6. The molecule has 0 heterocycles. The Hall–Kier alpha value is -2.05. The Morgan fingerprint density at radius 2 is 1.89 bits per heavy atom. The van der Waals surface area contributed by atoms with Gasteiger partial charge in [0.15, 0.2) is 0 Å². The number of carbonyl (C=O) groups is 2. The molecule has 1 aromatic carbocycles. The minimum Gasteiger partial charge on any atom is -0.481 e. The SMILES string of the molecule is Cc1ccccc1C(CC(=O)O)NC(=O)C(F)(F)F. The van der Waals surface area contributed by atoms with E-state index in [0.717, 1.165) is 0 Å². The summed E-state index contributed by atoms with van der Waals surface area (Å²) in [7, 11) is 0. The molecule has 1 rings (SSSR count). The van der Waals surface area contributed by atoms with Crippen molar-refractivity contribution in [1.29, 1.82) is 0 Å². The first-order valence-corrected chi connectivity index (χ1v) is 5.37. The quantitative estimate of drug-likeness (QED) is 0.885. The second-order valence-electron chi connectivity index (χ2n) is 3.98. The highest BCUT2D eigenvalue weighted by Crippen LogP contribution is 2.23. The predicted molar refractivity (Wildman–Crippen MR) is 60.4 cm³/mol. The molecule has 0 aliphatic rings. The van der Waals surface area contributed by atoms with Crippen LogP contribution in [0.1, 0.15) is 23.6 Å². The fourth-order valence-electron chi connectivity index (χ4n) is 1.63. The van der Waals surface area contributed by atoms with Crippen molar-refractivity contribution in [2.24, 2.45) is 0 Å². The predicted octanol–water partition coefficient (Wildman–Crippen LogP) is 2.19. The zero-order chi connectivity index (χ0) is 14.6. The number of halogens is 3. The number of alkyl halides is 3. The molecule has 1 atom stereocenters. The lowest BCUT2D eigenvalue weighted by molar-refractivity contribution is -0.174. The standard InChI is InChI=1S/C12H12F3NO3/c1-7-4-2-3-5-8(7)9(6-10(17)18)16-11(19)12(13,14)15/h2-5,9H,6H2,1H3,(H,16,19)(H,17,18). The molecule has 1 amide bonds. The Kier molecular flexibility index (Phi) is 4.52. The summed E-state index contributed by atoms with van der Waals surface area (Å²) < 4.78 is 36.6. The van der Waals surface area contributed by atoms with Gasteiger partial charge in [0.05, 0.1) is 12.5 Å². The molecule has 7 heteroatoms. The highest BCUT2D eigenvalue weighted by Gasteiger charge is 2.40. The number of hydrogen-bond donors (Lipinski definition) is 2. The summed E-state index contributed by atoms with van der Waals surface area (Å²) in [6.45, 7) is 1.63. The van der Waals surface area contributed by atoms with Gasteiger partial charge < -0.3 is 10.4 Å². The van der Waals surface area contributed by atoms with Crippen molar-refractivity contribution in [1.82, 2.24) is 5.32 Å². The molecule has 0 saturated heterocycles. The second kappa shape index (κ2) is 5.73. The van der Waals surface area contributed by atoms with Gasteiger partial charge in [0.2, 0.25) is 0 Å². The van der Waals surface area contributed by atoms with Gasteiger partial charge in [-0.3, -0.25) is 9.59 Å². The van der Waals surface area contributed by atoms with Crippen LogP contribution in [0.2, 0.25) is 0 Å². The van der Waals surface area contributed by atoms with Crippen LogP contribution in [0.3, 0.4) is 0 Å². The van der Waals surface area contributed by atoms with Crippen LogP contribution in [0.15, 0.2) is 24.3 Å². The van der Waals surface area contributed by atoms with Crippen molar-refractivity contribution >= 4 is 11.9 Å². The topological polar surface area (TPSA) is 66.4 Å². The first-order valence-electron chi connectivity index (χ1n) is 5.37. The van der Waals surface area contributed by atoms with E-state index in [1.54, 1.807) is 30.4 Å². The Labute approximate surface area is 107 Å². The van der Waals surface area contributed by atoms with Gasteiger partial charge in [0, 0.05) is 0 Å². The second-order valence-corrected chi connectivity index (χ2v) is 3.98. The first-order chi connectivity index (χ1) is 8.71. The minimum atomic E-state index is -5.04. The highest BCUT2D eigenvalue weighted by atomic mass is 19.4. The lowest BCUT2D eigenvalue weighted by Crippen LogP contribution is -2.40.